The van der Waals surface area contributed by atoms with Crippen LogP contribution in [0.1, 0.15) is 37.6 Å². The van der Waals surface area contributed by atoms with Gasteiger partial charge in [0.25, 0.3) is 0 Å². The van der Waals surface area contributed by atoms with Gasteiger partial charge < -0.3 is 24.9 Å². The number of hydrogen-bond donors (Lipinski definition) is 1. The van der Waals surface area contributed by atoms with Crippen LogP contribution in [0.4, 0.5) is 23.8 Å². The second-order valence-electron chi connectivity index (χ2n) is 8.42. The number of alkyl halides is 3. The second-order valence-corrected chi connectivity index (χ2v) is 8.42. The summed E-state index contributed by atoms with van der Waals surface area (Å²) >= 11 is 0. The van der Waals surface area contributed by atoms with Gasteiger partial charge in [-0.3, -0.25) is 0 Å². The van der Waals surface area contributed by atoms with Crippen LogP contribution in [0, 0.1) is 10.1 Å². The zero-order chi connectivity index (χ0) is 25.7. The molecule has 2 rings (SSSR count). The lowest BCUT2D eigenvalue weighted by atomic mass is 10.0. The maximum atomic E-state index is 12.6. The highest BCUT2D eigenvalue weighted by atomic mass is 19.4. The lowest BCUT2D eigenvalue weighted by Gasteiger charge is -2.23. The molecule has 1 aromatic carbocycles. The fraction of sp³-hybridized carbons (Fsp3) is 0.476. The summed E-state index contributed by atoms with van der Waals surface area (Å²) in [5.41, 5.74) is -0.0158. The second kappa shape index (κ2) is 10.5. The number of carbonyl (C=O) groups excluding carboxylic acids is 2. The van der Waals surface area contributed by atoms with E-state index in [0.29, 0.717) is 0 Å². The molecule has 0 spiro atoms. The van der Waals surface area contributed by atoms with Crippen LogP contribution >= 0.6 is 0 Å². The standard InChI is InChI=1S/C21H25F3N4O6/c1-20(2,3)34-19(30)25-16(18(29)33-12-21(22,23)24)11-14-15(10-13-8-6-5-7-9-13)26-27(4)17(14)28(31)32/h5-9,16H,10-12H2,1-4H3,(H,25,30). The molecule has 1 aromatic heterocycles. The van der Waals surface area contributed by atoms with Crippen molar-refractivity contribution < 1.29 is 37.2 Å². The molecular formula is C21H25F3N4O6. The number of esters is 1. The SMILES string of the molecule is Cn1nc(Cc2ccccc2)c(CC(NC(=O)OC(C)(C)C)C(=O)OCC(F)(F)F)c1[N+](=O)[O-]. The molecule has 0 aliphatic carbocycles. The van der Waals surface area contributed by atoms with Crippen LogP contribution in [0.5, 0.6) is 0 Å². The zero-order valence-corrected chi connectivity index (χ0v) is 19.0. The maximum absolute atomic E-state index is 12.6. The monoisotopic (exact) mass is 486 g/mol. The fourth-order valence-corrected chi connectivity index (χ4v) is 3.08. The quantitative estimate of drug-likeness (QED) is 0.344. The Morgan fingerprint density at radius 2 is 1.82 bits per heavy atom. The predicted molar refractivity (Wildman–Crippen MR) is 113 cm³/mol. The number of nitrogens with one attached hydrogen (secondary N) is 1. The highest BCUT2D eigenvalue weighted by Gasteiger charge is 2.36. The first-order valence-corrected chi connectivity index (χ1v) is 10.1. The van der Waals surface area contributed by atoms with Crippen LogP contribution in [-0.4, -0.2) is 51.2 Å². The van der Waals surface area contributed by atoms with Crippen LogP contribution in [-0.2, 0) is 34.2 Å². The number of carbonyl (C=O) groups is 2. The molecule has 0 aliphatic heterocycles. The molecular weight excluding hydrogens is 461 g/mol. The summed E-state index contributed by atoms with van der Waals surface area (Å²) in [7, 11) is 1.33. The Kier molecular flexibility index (Phi) is 8.24. The summed E-state index contributed by atoms with van der Waals surface area (Å²) in [4.78, 5) is 35.7. The molecule has 0 saturated carbocycles. The molecule has 34 heavy (non-hydrogen) atoms. The van der Waals surface area contributed by atoms with E-state index in [2.05, 4.69) is 15.2 Å². The van der Waals surface area contributed by atoms with Crippen molar-refractivity contribution in [2.45, 2.75) is 51.4 Å². The Labute approximate surface area is 193 Å². The van der Waals surface area contributed by atoms with Gasteiger partial charge in [-0.2, -0.15) is 13.2 Å². The minimum atomic E-state index is -4.80. The maximum Gasteiger partial charge on any atom is 0.422 e. The van der Waals surface area contributed by atoms with Gasteiger partial charge in [-0.1, -0.05) is 35.4 Å². The summed E-state index contributed by atoms with van der Waals surface area (Å²) in [6, 6.07) is 7.12. The Balaban J connectivity index is 2.41. The van der Waals surface area contributed by atoms with E-state index in [-0.39, 0.29) is 17.7 Å². The number of nitro groups is 1. The van der Waals surface area contributed by atoms with Crippen LogP contribution in [0.2, 0.25) is 0 Å². The lowest BCUT2D eigenvalue weighted by Crippen LogP contribution is -2.46. The predicted octanol–water partition coefficient (Wildman–Crippen LogP) is 3.46. The van der Waals surface area contributed by atoms with Crippen molar-refractivity contribution >= 4 is 17.9 Å². The number of hydrogen-bond acceptors (Lipinski definition) is 7. The van der Waals surface area contributed by atoms with Crippen LogP contribution < -0.4 is 5.32 Å². The number of alkyl carbamates (subject to hydrolysis) is 1. The number of benzene rings is 1. The van der Waals surface area contributed by atoms with E-state index >= 15 is 0 Å². The number of aryl methyl sites for hydroxylation is 1. The molecule has 0 radical (unpaired) electrons. The summed E-state index contributed by atoms with van der Waals surface area (Å²) in [5.74, 6) is -1.89. The van der Waals surface area contributed by atoms with Gasteiger partial charge in [0.1, 0.15) is 18.7 Å². The Hall–Kier alpha value is -3.64. The molecule has 0 fully saturated rings. The molecule has 13 heteroatoms. The van der Waals surface area contributed by atoms with Gasteiger partial charge in [-0.15, -0.1) is 4.68 Å². The number of nitrogens with zero attached hydrogens (tertiary/aromatic N) is 3. The minimum Gasteiger partial charge on any atom is -0.454 e. The fourth-order valence-electron chi connectivity index (χ4n) is 3.08. The van der Waals surface area contributed by atoms with Crippen LogP contribution in [0.25, 0.3) is 0 Å². The summed E-state index contributed by atoms with van der Waals surface area (Å²) in [6.07, 6.45) is -6.29. The third-order valence-electron chi connectivity index (χ3n) is 4.34. The van der Waals surface area contributed by atoms with Gasteiger partial charge in [0.15, 0.2) is 6.61 Å². The first kappa shape index (κ1) is 26.6. The Morgan fingerprint density at radius 1 is 1.21 bits per heavy atom. The van der Waals surface area contributed by atoms with Gasteiger partial charge in [-0.05, 0) is 31.3 Å². The van der Waals surface area contributed by atoms with E-state index < -0.39 is 53.7 Å². The summed E-state index contributed by atoms with van der Waals surface area (Å²) in [6.45, 7) is 2.76. The molecule has 1 unspecified atom stereocenters. The van der Waals surface area contributed by atoms with Crippen molar-refractivity contribution in [1.82, 2.24) is 15.1 Å². The van der Waals surface area contributed by atoms with Crippen LogP contribution in [0.3, 0.4) is 0 Å². The van der Waals surface area contributed by atoms with E-state index in [9.17, 15) is 32.9 Å². The van der Waals surface area contributed by atoms with Gasteiger partial charge >= 0.3 is 24.1 Å². The van der Waals surface area contributed by atoms with Crippen molar-refractivity contribution in [2.24, 2.45) is 7.05 Å². The average Bonchev–Trinajstić information content (AvgIpc) is 2.99. The van der Waals surface area contributed by atoms with Crippen molar-refractivity contribution in [2.75, 3.05) is 6.61 Å². The third kappa shape index (κ3) is 8.05. The lowest BCUT2D eigenvalue weighted by molar-refractivity contribution is -0.393. The first-order chi connectivity index (χ1) is 15.7. The molecule has 186 valence electrons. The third-order valence-corrected chi connectivity index (χ3v) is 4.34. The Bertz CT molecular complexity index is 1030. The van der Waals surface area contributed by atoms with Gasteiger partial charge in [-0.25, -0.2) is 9.59 Å². The Morgan fingerprint density at radius 3 is 2.35 bits per heavy atom. The van der Waals surface area contributed by atoms with E-state index in [0.717, 1.165) is 10.2 Å². The zero-order valence-electron chi connectivity index (χ0n) is 19.0. The smallest absolute Gasteiger partial charge is 0.422 e. The van der Waals surface area contributed by atoms with E-state index in [1.54, 1.807) is 51.1 Å². The van der Waals surface area contributed by atoms with E-state index in [4.69, 9.17) is 4.74 Å². The topological polar surface area (TPSA) is 126 Å². The molecule has 0 saturated heterocycles. The summed E-state index contributed by atoms with van der Waals surface area (Å²) < 4.78 is 48.1. The largest absolute Gasteiger partial charge is 0.454 e. The van der Waals surface area contributed by atoms with Crippen molar-refractivity contribution in [3.05, 3.63) is 57.3 Å². The number of halogens is 3. The average molecular weight is 486 g/mol. The van der Waals surface area contributed by atoms with Crippen molar-refractivity contribution in [3.63, 3.8) is 0 Å². The normalized spacial score (nSPS) is 12.7. The molecule has 0 aliphatic rings. The molecule has 1 heterocycles. The minimum absolute atomic E-state index is 0.0265. The van der Waals surface area contributed by atoms with Gasteiger partial charge in [0, 0.05) is 12.8 Å². The molecule has 1 amide bonds. The molecule has 2 aromatic rings. The van der Waals surface area contributed by atoms with Crippen LogP contribution in [0.15, 0.2) is 30.3 Å². The number of amides is 1. The van der Waals surface area contributed by atoms with E-state index in [1.165, 1.54) is 7.05 Å². The first-order valence-electron chi connectivity index (χ1n) is 10.1. The number of ether oxygens (including phenoxy) is 2. The molecule has 1 N–H and O–H groups in total. The number of rotatable bonds is 8. The highest BCUT2D eigenvalue weighted by Crippen LogP contribution is 2.26. The van der Waals surface area contributed by atoms with E-state index in [1.807, 2.05) is 0 Å². The molecule has 1 atom stereocenters. The molecule has 10 nitrogen and oxygen atoms in total. The van der Waals surface area contributed by atoms with Gasteiger partial charge in [0.2, 0.25) is 0 Å². The van der Waals surface area contributed by atoms with Crippen molar-refractivity contribution in [1.29, 1.82) is 0 Å². The number of aromatic nitrogens is 2. The van der Waals surface area contributed by atoms with Gasteiger partial charge in [0.05, 0.1) is 11.3 Å². The highest BCUT2D eigenvalue weighted by molar-refractivity contribution is 5.82. The van der Waals surface area contributed by atoms with Crippen molar-refractivity contribution in [3.8, 4) is 0 Å². The molecule has 0 bridgehead atoms. The summed E-state index contributed by atoms with van der Waals surface area (Å²) in [5, 5.41) is 18.0.